The molecule has 2 rings (SSSR count). The first-order valence-corrected chi connectivity index (χ1v) is 6.77. The Hall–Kier alpha value is -2.48. The Morgan fingerprint density at radius 2 is 1.57 bits per heavy atom. The minimum absolute atomic E-state index is 0.0678. The van der Waals surface area contributed by atoms with Gasteiger partial charge < -0.3 is 0 Å². The van der Waals surface area contributed by atoms with Crippen LogP contribution in [0.2, 0.25) is 0 Å². The average molecular weight is 308 g/mol. The van der Waals surface area contributed by atoms with E-state index >= 15 is 0 Å². The summed E-state index contributed by atoms with van der Waals surface area (Å²) in [5, 5.41) is 21.5. The van der Waals surface area contributed by atoms with Crippen LogP contribution in [-0.4, -0.2) is 9.85 Å². The molecule has 0 amide bonds. The van der Waals surface area contributed by atoms with Crippen LogP contribution >= 0.6 is 11.8 Å². The molecule has 8 heteroatoms. The lowest BCUT2D eigenvalue weighted by Crippen LogP contribution is -1.97. The van der Waals surface area contributed by atoms with Crippen molar-refractivity contribution in [1.29, 1.82) is 0 Å². The third-order valence-electron chi connectivity index (χ3n) is 2.70. The van der Waals surface area contributed by atoms with Gasteiger partial charge in [0.05, 0.1) is 14.7 Å². The van der Waals surface area contributed by atoms with Gasteiger partial charge in [0.15, 0.2) is 0 Å². The van der Waals surface area contributed by atoms with Gasteiger partial charge in [0.1, 0.15) is 0 Å². The lowest BCUT2D eigenvalue weighted by molar-refractivity contribution is -0.387. The van der Waals surface area contributed by atoms with E-state index in [1.54, 1.807) is 12.1 Å². The predicted octanol–water partition coefficient (Wildman–Crippen LogP) is 3.93. The Morgan fingerprint density at radius 1 is 0.952 bits per heavy atom. The van der Waals surface area contributed by atoms with E-state index < -0.39 is 21.4 Å². The minimum atomic E-state index is -0.909. The van der Waals surface area contributed by atoms with Crippen LogP contribution in [0.4, 0.5) is 15.8 Å². The van der Waals surface area contributed by atoms with E-state index in [1.165, 1.54) is 24.3 Å². The second-order valence-electron chi connectivity index (χ2n) is 4.02. The highest BCUT2D eigenvalue weighted by atomic mass is 32.2. The molecular formula is C13H9FN2O4S. The van der Waals surface area contributed by atoms with Crippen LogP contribution in [0.5, 0.6) is 0 Å². The van der Waals surface area contributed by atoms with Crippen LogP contribution in [0.1, 0.15) is 5.56 Å². The monoisotopic (exact) mass is 308 g/mol. The second kappa shape index (κ2) is 6.31. The molecule has 0 saturated carbocycles. The molecular weight excluding hydrogens is 299 g/mol. The maximum Gasteiger partial charge on any atom is 0.305 e. The molecule has 6 nitrogen and oxygen atoms in total. The van der Waals surface area contributed by atoms with Crippen LogP contribution in [0, 0.1) is 26.0 Å². The summed E-state index contributed by atoms with van der Waals surface area (Å²) >= 11 is 1.06. The summed E-state index contributed by atoms with van der Waals surface area (Å²) in [5.41, 5.74) is -0.545. The third kappa shape index (κ3) is 3.34. The summed E-state index contributed by atoms with van der Waals surface area (Å²) in [5.74, 6) is -0.841. The highest BCUT2D eigenvalue weighted by molar-refractivity contribution is 7.98. The molecule has 0 radical (unpaired) electrons. The Bertz CT molecular complexity index is 708. The normalized spacial score (nSPS) is 10.3. The van der Waals surface area contributed by atoms with Crippen LogP contribution in [0.3, 0.4) is 0 Å². The van der Waals surface area contributed by atoms with E-state index in [2.05, 4.69) is 0 Å². The maximum atomic E-state index is 13.9. The van der Waals surface area contributed by atoms with Crippen molar-refractivity contribution in [1.82, 2.24) is 0 Å². The fraction of sp³-hybridized carbons (Fsp3) is 0.0769. The van der Waals surface area contributed by atoms with E-state index in [9.17, 15) is 24.6 Å². The number of rotatable bonds is 5. The Morgan fingerprint density at radius 3 is 2.24 bits per heavy atom. The Labute approximate surface area is 122 Å². The maximum absolute atomic E-state index is 13.9. The lowest BCUT2D eigenvalue weighted by atomic mass is 10.2. The van der Waals surface area contributed by atoms with Crippen LogP contribution in [-0.2, 0) is 5.75 Å². The predicted molar refractivity (Wildman–Crippen MR) is 75.7 cm³/mol. The number of nitro benzene ring substituents is 2. The summed E-state index contributed by atoms with van der Waals surface area (Å²) in [6.07, 6.45) is 0. The molecule has 0 fully saturated rings. The number of hydrogen-bond donors (Lipinski definition) is 0. The number of halogens is 1. The van der Waals surface area contributed by atoms with Gasteiger partial charge in [-0.2, -0.15) is 4.39 Å². The first kappa shape index (κ1) is 14.9. The Kier molecular flexibility index (Phi) is 4.49. The molecule has 2 aromatic rings. The fourth-order valence-corrected chi connectivity index (χ4v) is 2.70. The number of nitro groups is 2. The molecule has 0 aliphatic heterocycles. The molecule has 0 aliphatic carbocycles. The number of para-hydroxylation sites is 1. The van der Waals surface area contributed by atoms with Crippen LogP contribution in [0.15, 0.2) is 47.4 Å². The first-order valence-electron chi connectivity index (χ1n) is 5.78. The minimum Gasteiger partial charge on any atom is -0.258 e. The smallest absolute Gasteiger partial charge is 0.258 e. The molecule has 0 aliphatic rings. The second-order valence-corrected chi connectivity index (χ2v) is 5.04. The van der Waals surface area contributed by atoms with Crippen molar-refractivity contribution in [3.05, 3.63) is 74.1 Å². The zero-order valence-electron chi connectivity index (χ0n) is 10.6. The Balaban J connectivity index is 2.23. The lowest BCUT2D eigenvalue weighted by Gasteiger charge is -2.04. The number of thioether (sulfide) groups is 1. The van der Waals surface area contributed by atoms with E-state index in [1.807, 2.05) is 0 Å². The highest BCUT2D eigenvalue weighted by Crippen LogP contribution is 2.32. The third-order valence-corrected chi connectivity index (χ3v) is 3.81. The number of nitrogens with zero attached hydrogens (tertiary/aromatic N) is 2. The van der Waals surface area contributed by atoms with Gasteiger partial charge in [0, 0.05) is 23.4 Å². The van der Waals surface area contributed by atoms with E-state index in [-0.39, 0.29) is 17.0 Å². The molecule has 0 aromatic heterocycles. The van der Waals surface area contributed by atoms with Gasteiger partial charge in [-0.15, -0.1) is 11.8 Å². The van der Waals surface area contributed by atoms with E-state index in [0.29, 0.717) is 4.90 Å². The zero-order valence-corrected chi connectivity index (χ0v) is 11.4. The van der Waals surface area contributed by atoms with Gasteiger partial charge in [0.25, 0.3) is 5.69 Å². The molecule has 0 spiro atoms. The summed E-state index contributed by atoms with van der Waals surface area (Å²) < 4.78 is 13.9. The summed E-state index contributed by atoms with van der Waals surface area (Å²) in [4.78, 5) is 20.6. The van der Waals surface area contributed by atoms with Crippen molar-refractivity contribution in [3.63, 3.8) is 0 Å². The molecule has 0 unspecified atom stereocenters. The van der Waals surface area contributed by atoms with Crippen molar-refractivity contribution < 1.29 is 14.2 Å². The van der Waals surface area contributed by atoms with Gasteiger partial charge in [-0.05, 0) is 6.07 Å². The molecule has 0 heterocycles. The molecule has 0 bridgehead atoms. The van der Waals surface area contributed by atoms with Crippen LogP contribution in [0.25, 0.3) is 0 Å². The van der Waals surface area contributed by atoms with Gasteiger partial charge in [-0.3, -0.25) is 20.2 Å². The highest BCUT2D eigenvalue weighted by Gasteiger charge is 2.18. The van der Waals surface area contributed by atoms with Crippen molar-refractivity contribution in [2.24, 2.45) is 0 Å². The van der Waals surface area contributed by atoms with Gasteiger partial charge >= 0.3 is 5.69 Å². The van der Waals surface area contributed by atoms with Gasteiger partial charge in [-0.25, -0.2) is 0 Å². The van der Waals surface area contributed by atoms with E-state index in [0.717, 1.165) is 17.8 Å². The summed E-state index contributed by atoms with van der Waals surface area (Å²) in [6.45, 7) is 0. The van der Waals surface area contributed by atoms with Crippen molar-refractivity contribution in [2.75, 3.05) is 0 Å². The first-order chi connectivity index (χ1) is 10.0. The summed E-state index contributed by atoms with van der Waals surface area (Å²) in [6, 6.07) is 9.97. The van der Waals surface area contributed by atoms with Gasteiger partial charge in [-0.1, -0.05) is 24.3 Å². The number of benzene rings is 2. The molecule has 0 atom stereocenters. The molecule has 21 heavy (non-hydrogen) atoms. The van der Waals surface area contributed by atoms with Crippen molar-refractivity contribution in [3.8, 4) is 0 Å². The van der Waals surface area contributed by atoms with E-state index in [4.69, 9.17) is 0 Å². The quantitative estimate of drug-likeness (QED) is 0.474. The molecule has 0 N–H and O–H groups in total. The zero-order chi connectivity index (χ0) is 15.4. The topological polar surface area (TPSA) is 86.3 Å². The van der Waals surface area contributed by atoms with Crippen molar-refractivity contribution in [2.45, 2.75) is 10.6 Å². The van der Waals surface area contributed by atoms with Gasteiger partial charge in [0.2, 0.25) is 5.82 Å². The molecule has 0 saturated heterocycles. The molecule has 2 aromatic carbocycles. The largest absolute Gasteiger partial charge is 0.305 e. The SMILES string of the molecule is O=[N+]([O-])c1ccccc1SCc1cccc([N+](=O)[O-])c1F. The number of hydrogen-bond acceptors (Lipinski definition) is 5. The van der Waals surface area contributed by atoms with Crippen LogP contribution < -0.4 is 0 Å². The van der Waals surface area contributed by atoms with Crippen molar-refractivity contribution >= 4 is 23.1 Å². The average Bonchev–Trinajstić information content (AvgIpc) is 2.46. The summed E-state index contributed by atoms with van der Waals surface area (Å²) in [7, 11) is 0. The standard InChI is InChI=1S/C13H9FN2O4S/c14-13-9(4-3-6-11(13)16(19)20)8-21-12-7-2-1-5-10(12)15(17)18/h1-7H,8H2. The fourth-order valence-electron chi connectivity index (χ4n) is 1.70. The molecule has 108 valence electrons.